The van der Waals surface area contributed by atoms with Crippen LogP contribution < -0.4 is 5.73 Å². The van der Waals surface area contributed by atoms with Gasteiger partial charge < -0.3 is 10.8 Å². The van der Waals surface area contributed by atoms with Crippen LogP contribution in [0.15, 0.2) is 0 Å². The molecule has 0 bridgehead atoms. The molecule has 1 unspecified atom stereocenters. The van der Waals surface area contributed by atoms with Gasteiger partial charge in [0.2, 0.25) is 0 Å². The fourth-order valence-electron chi connectivity index (χ4n) is 0.832. The fourth-order valence-corrected chi connectivity index (χ4v) is 1.65. The molecule has 6 nitrogen and oxygen atoms in total. The van der Waals surface area contributed by atoms with Gasteiger partial charge in [-0.25, -0.2) is 0 Å². The van der Waals surface area contributed by atoms with E-state index in [4.69, 9.17) is 15.4 Å². The van der Waals surface area contributed by atoms with Gasteiger partial charge in [-0.05, 0) is 0 Å². The Morgan fingerprint density at radius 1 is 1.60 bits per heavy atom. The third-order valence-corrected chi connectivity index (χ3v) is 2.39. The Hall–Kier alpha value is -0.210. The first-order valence-corrected chi connectivity index (χ1v) is 4.02. The number of hydrogen-bond donors (Lipinski definition) is 3. The molecule has 1 heterocycles. The van der Waals surface area contributed by atoms with Gasteiger partial charge in [0.15, 0.2) is 0 Å². The second-order valence-corrected chi connectivity index (χ2v) is 3.41. The van der Waals surface area contributed by atoms with Gasteiger partial charge in [-0.15, -0.1) is 4.31 Å². The van der Waals surface area contributed by atoms with Gasteiger partial charge in [0.05, 0.1) is 6.17 Å². The topological polar surface area (TPSA) is 104 Å². The van der Waals surface area contributed by atoms with Crippen LogP contribution in [-0.2, 0) is 10.3 Å². The maximum atomic E-state index is 10.3. The van der Waals surface area contributed by atoms with Gasteiger partial charge in [-0.2, -0.15) is 8.42 Å². The first-order valence-electron chi connectivity index (χ1n) is 2.62. The van der Waals surface area contributed by atoms with Gasteiger partial charge in [0.25, 0.3) is 0 Å². The lowest BCUT2D eigenvalue weighted by atomic mass is 10.2. The highest BCUT2D eigenvalue weighted by Gasteiger charge is 2.42. The van der Waals surface area contributed by atoms with Crippen molar-refractivity contribution in [3.63, 3.8) is 0 Å². The van der Waals surface area contributed by atoms with Gasteiger partial charge in [0.1, 0.15) is 6.23 Å². The minimum Gasteiger partial charge on any atom is -0.377 e. The summed E-state index contributed by atoms with van der Waals surface area (Å²) in [6.45, 7) is 0. The van der Waals surface area contributed by atoms with E-state index >= 15 is 0 Å². The maximum absolute atomic E-state index is 10.3. The van der Waals surface area contributed by atoms with E-state index in [-0.39, 0.29) is 6.42 Å². The van der Waals surface area contributed by atoms with Crippen LogP contribution >= 0.6 is 0 Å². The average molecular weight is 168 g/mol. The molecule has 4 N–H and O–H groups in total. The molecule has 0 amide bonds. The molecule has 0 aromatic carbocycles. The molecule has 1 fully saturated rings. The molecule has 0 aliphatic carbocycles. The lowest BCUT2D eigenvalue weighted by Crippen LogP contribution is -2.62. The van der Waals surface area contributed by atoms with Crippen LogP contribution in [0, 0.1) is 0 Å². The number of rotatable bonds is 1. The van der Waals surface area contributed by atoms with Gasteiger partial charge in [-0.1, -0.05) is 0 Å². The van der Waals surface area contributed by atoms with E-state index in [1.165, 1.54) is 0 Å². The van der Waals surface area contributed by atoms with Crippen molar-refractivity contribution in [2.24, 2.45) is 5.73 Å². The summed E-state index contributed by atoms with van der Waals surface area (Å²) in [6.07, 6.45) is -1.78. The zero-order valence-corrected chi connectivity index (χ0v) is 5.82. The van der Waals surface area contributed by atoms with E-state index in [2.05, 4.69) is 0 Å². The summed E-state index contributed by atoms with van der Waals surface area (Å²) >= 11 is 0. The monoisotopic (exact) mass is 168 g/mol. The van der Waals surface area contributed by atoms with E-state index in [9.17, 15) is 8.42 Å². The number of hydrogen-bond acceptors (Lipinski definition) is 4. The molecule has 1 saturated heterocycles. The van der Waals surface area contributed by atoms with Crippen molar-refractivity contribution in [3.8, 4) is 0 Å². The fraction of sp³-hybridized carbons (Fsp3) is 1.00. The van der Waals surface area contributed by atoms with Gasteiger partial charge in [-0.3, -0.25) is 4.55 Å². The molecule has 1 aliphatic heterocycles. The molecular weight excluding hydrogens is 160 g/mol. The molecular formula is C3H8N2O4S. The Morgan fingerprint density at radius 3 is 2.20 bits per heavy atom. The van der Waals surface area contributed by atoms with Gasteiger partial charge >= 0.3 is 10.3 Å². The smallest absolute Gasteiger partial charge is 0.339 e. The molecule has 1 rings (SSSR count). The predicted octanol–water partition coefficient (Wildman–Crippen LogP) is -1.90. The molecule has 0 aromatic heterocycles. The van der Waals surface area contributed by atoms with Crippen LogP contribution in [0.2, 0.25) is 0 Å². The zero-order chi connectivity index (χ0) is 7.94. The Balaban J connectivity index is 2.74. The normalized spacial score (nSPS) is 35.5. The molecule has 0 saturated carbocycles. The van der Waals surface area contributed by atoms with Crippen LogP contribution in [0.1, 0.15) is 6.42 Å². The van der Waals surface area contributed by atoms with Crippen LogP contribution in [-0.4, -0.2) is 34.8 Å². The van der Waals surface area contributed by atoms with E-state index in [1.807, 2.05) is 0 Å². The summed E-state index contributed by atoms with van der Waals surface area (Å²) in [7, 11) is -4.31. The van der Waals surface area contributed by atoms with Crippen molar-refractivity contribution in [2.45, 2.75) is 18.8 Å². The Morgan fingerprint density at radius 2 is 2.10 bits per heavy atom. The Labute approximate surface area is 58.1 Å². The molecule has 60 valence electrons. The van der Waals surface area contributed by atoms with Crippen LogP contribution in [0.4, 0.5) is 0 Å². The van der Waals surface area contributed by atoms with Crippen molar-refractivity contribution in [1.82, 2.24) is 4.31 Å². The van der Waals surface area contributed by atoms with Crippen molar-refractivity contribution >= 4 is 10.3 Å². The molecule has 2 atom stereocenters. The summed E-state index contributed by atoms with van der Waals surface area (Å²) in [4.78, 5) is 0. The van der Waals surface area contributed by atoms with E-state index in [1.54, 1.807) is 0 Å². The first-order chi connectivity index (χ1) is 4.43. The lowest BCUT2D eigenvalue weighted by molar-refractivity contribution is -0.0602. The van der Waals surface area contributed by atoms with Crippen molar-refractivity contribution in [1.29, 1.82) is 0 Å². The highest BCUT2D eigenvalue weighted by atomic mass is 32.2. The Bertz CT molecular complexity index is 217. The minimum absolute atomic E-state index is 0.166. The summed E-state index contributed by atoms with van der Waals surface area (Å²) in [6, 6.07) is 0. The number of nitrogens with zero attached hydrogens (tertiary/aromatic N) is 1. The third-order valence-electron chi connectivity index (χ3n) is 1.34. The highest BCUT2D eigenvalue weighted by molar-refractivity contribution is 7.83. The molecule has 0 spiro atoms. The molecule has 1 aliphatic rings. The van der Waals surface area contributed by atoms with Crippen molar-refractivity contribution < 1.29 is 18.1 Å². The minimum atomic E-state index is -4.31. The van der Waals surface area contributed by atoms with E-state index in [0.29, 0.717) is 4.31 Å². The van der Waals surface area contributed by atoms with Crippen LogP contribution in [0.3, 0.4) is 0 Å². The SMILES string of the molecule is N[C@H]1CC(O)N1S(=O)(=O)O. The summed E-state index contributed by atoms with van der Waals surface area (Å²) in [5.41, 5.74) is 5.13. The maximum Gasteiger partial charge on any atom is 0.339 e. The summed E-state index contributed by atoms with van der Waals surface area (Å²) in [5.74, 6) is 0. The third kappa shape index (κ3) is 1.13. The van der Waals surface area contributed by atoms with Crippen LogP contribution in [0.5, 0.6) is 0 Å². The molecule has 0 aromatic rings. The average Bonchev–Trinajstić information content (AvgIpc) is 1.58. The largest absolute Gasteiger partial charge is 0.377 e. The second kappa shape index (κ2) is 2.14. The highest BCUT2D eigenvalue weighted by Crippen LogP contribution is 2.22. The standard InChI is InChI=1S/C3H8N2O4S/c4-2-1-3(6)5(2)10(7,8)9/h2-3,6H,1,4H2,(H,7,8,9)/t2-,3?/m1/s1. The Kier molecular flexibility index (Phi) is 1.69. The zero-order valence-electron chi connectivity index (χ0n) is 5.01. The predicted molar refractivity (Wildman–Crippen MR) is 32.0 cm³/mol. The van der Waals surface area contributed by atoms with E-state index < -0.39 is 22.7 Å². The molecule has 0 radical (unpaired) electrons. The van der Waals surface area contributed by atoms with Crippen LogP contribution in [0.25, 0.3) is 0 Å². The van der Waals surface area contributed by atoms with Gasteiger partial charge in [0, 0.05) is 6.42 Å². The number of aliphatic hydroxyl groups excluding tert-OH is 1. The quantitative estimate of drug-likeness (QED) is 0.397. The summed E-state index contributed by atoms with van der Waals surface area (Å²) in [5, 5.41) is 8.72. The lowest BCUT2D eigenvalue weighted by Gasteiger charge is -2.39. The molecule has 7 heteroatoms. The number of aliphatic hydroxyl groups is 1. The summed E-state index contributed by atoms with van der Waals surface area (Å²) < 4.78 is 29.3. The second-order valence-electron chi connectivity index (χ2n) is 2.09. The number of nitrogens with two attached hydrogens (primary N) is 1. The van der Waals surface area contributed by atoms with Crippen molar-refractivity contribution in [2.75, 3.05) is 0 Å². The van der Waals surface area contributed by atoms with Crippen molar-refractivity contribution in [3.05, 3.63) is 0 Å². The van der Waals surface area contributed by atoms with E-state index in [0.717, 1.165) is 0 Å². The molecule has 10 heavy (non-hydrogen) atoms. The first kappa shape index (κ1) is 7.89.